The molecule has 0 fully saturated rings. The maximum absolute atomic E-state index is 12.0. The number of benzene rings is 1. The van der Waals surface area contributed by atoms with Crippen molar-refractivity contribution in [2.24, 2.45) is 0 Å². The van der Waals surface area contributed by atoms with Crippen molar-refractivity contribution < 1.29 is 13.2 Å². The van der Waals surface area contributed by atoms with E-state index in [0.717, 1.165) is 17.7 Å². The molecule has 1 aromatic rings. The third-order valence-electron chi connectivity index (χ3n) is 4.69. The second-order valence-electron chi connectivity index (χ2n) is 6.77. The van der Waals surface area contributed by atoms with Gasteiger partial charge in [-0.3, -0.25) is 5.32 Å². The number of fused-ring (bicyclic) bond motifs is 1. The molecule has 2 unspecified atom stereocenters. The first-order valence-corrected chi connectivity index (χ1v) is 9.55. The first-order valence-electron chi connectivity index (χ1n) is 7.83. The van der Waals surface area contributed by atoms with Crippen LogP contribution in [0.25, 0.3) is 0 Å². The fourth-order valence-corrected chi connectivity index (χ4v) is 3.69. The van der Waals surface area contributed by atoms with Gasteiger partial charge in [-0.25, -0.2) is 8.42 Å². The summed E-state index contributed by atoms with van der Waals surface area (Å²) in [5.41, 5.74) is 3.13. The quantitative estimate of drug-likeness (QED) is 0.925. The maximum Gasteiger partial charge on any atom is 0.165 e. The van der Waals surface area contributed by atoms with E-state index >= 15 is 0 Å². The average Bonchev–Trinajstić information content (AvgIpc) is 2.41. The third kappa shape index (κ3) is 3.30. The van der Waals surface area contributed by atoms with Crippen LogP contribution in [0.15, 0.2) is 12.1 Å². The maximum atomic E-state index is 12.0. The molecular weight excluding hydrogens is 298 g/mol. The van der Waals surface area contributed by atoms with Gasteiger partial charge in [-0.1, -0.05) is 13.0 Å². The minimum Gasteiger partial charge on any atom is -0.486 e. The summed E-state index contributed by atoms with van der Waals surface area (Å²) in [5, 5.41) is 2.69. The molecule has 1 N–H and O–H groups in total. The van der Waals surface area contributed by atoms with Gasteiger partial charge in [0, 0.05) is 5.75 Å². The molecule has 0 radical (unpaired) electrons. The van der Waals surface area contributed by atoms with E-state index < -0.39 is 20.8 Å². The van der Waals surface area contributed by atoms with E-state index in [4.69, 9.17) is 4.74 Å². The number of aryl methyl sites for hydroxylation is 2. The zero-order valence-electron chi connectivity index (χ0n) is 14.4. The Labute approximate surface area is 134 Å². The number of nitrogens with one attached hydrogen (secondary N) is 1. The number of rotatable bonds is 4. The lowest BCUT2D eigenvalue weighted by Gasteiger charge is -2.41. The summed E-state index contributed by atoms with van der Waals surface area (Å²) in [6.45, 7) is 11.6. The number of ether oxygens (including phenoxy) is 1. The molecule has 0 aromatic heterocycles. The lowest BCUT2D eigenvalue weighted by atomic mass is 9.87. The van der Waals surface area contributed by atoms with Crippen molar-refractivity contribution in [3.05, 3.63) is 28.8 Å². The molecule has 1 heterocycles. The predicted molar refractivity (Wildman–Crippen MR) is 90.2 cm³/mol. The first kappa shape index (κ1) is 17.3. The molecule has 22 heavy (non-hydrogen) atoms. The van der Waals surface area contributed by atoms with Crippen molar-refractivity contribution in [2.45, 2.75) is 65.0 Å². The Balaban J connectivity index is 2.28. The smallest absolute Gasteiger partial charge is 0.165 e. The summed E-state index contributed by atoms with van der Waals surface area (Å²) in [5.74, 6) is 1.06. The zero-order chi connectivity index (χ0) is 16.7. The van der Waals surface area contributed by atoms with Gasteiger partial charge in [-0.2, -0.15) is 0 Å². The fourth-order valence-electron chi connectivity index (χ4n) is 2.82. The van der Waals surface area contributed by atoms with Gasteiger partial charge in [0.2, 0.25) is 0 Å². The summed E-state index contributed by atoms with van der Waals surface area (Å²) in [7, 11) is -3.11. The van der Waals surface area contributed by atoms with Crippen molar-refractivity contribution in [1.82, 2.24) is 5.32 Å². The van der Waals surface area contributed by atoms with E-state index in [1.807, 2.05) is 13.8 Å². The van der Waals surface area contributed by atoms with E-state index in [0.29, 0.717) is 0 Å². The van der Waals surface area contributed by atoms with Crippen LogP contribution in [0.4, 0.5) is 0 Å². The molecule has 1 aliphatic heterocycles. The van der Waals surface area contributed by atoms with Gasteiger partial charge in [0.05, 0.1) is 6.04 Å². The topological polar surface area (TPSA) is 55.4 Å². The third-order valence-corrected chi connectivity index (χ3v) is 6.71. The lowest BCUT2D eigenvalue weighted by Crippen LogP contribution is -2.57. The van der Waals surface area contributed by atoms with Gasteiger partial charge < -0.3 is 4.74 Å². The monoisotopic (exact) mass is 325 g/mol. The van der Waals surface area contributed by atoms with Crippen LogP contribution in [-0.2, 0) is 16.3 Å². The van der Waals surface area contributed by atoms with Crippen molar-refractivity contribution in [2.75, 3.05) is 5.75 Å². The van der Waals surface area contributed by atoms with Crippen LogP contribution < -0.4 is 10.1 Å². The molecule has 1 aromatic carbocycles. The van der Waals surface area contributed by atoms with Crippen LogP contribution >= 0.6 is 0 Å². The second-order valence-corrected chi connectivity index (χ2v) is 9.38. The molecule has 0 saturated heterocycles. The Morgan fingerprint density at radius 3 is 2.50 bits per heavy atom. The van der Waals surface area contributed by atoms with Crippen molar-refractivity contribution in [3.63, 3.8) is 0 Å². The van der Waals surface area contributed by atoms with Crippen LogP contribution in [0, 0.1) is 13.8 Å². The molecular formula is C17H27NO3S. The van der Waals surface area contributed by atoms with Gasteiger partial charge in [0.1, 0.15) is 16.7 Å². The standard InChI is InChI=1S/C17H27NO3S/c1-7-22(19,20)13(4)18-16-10-14-8-11(2)12(3)9-15(14)21-17(16,5)6/h8-9,13,16,18H,7,10H2,1-6H3. The zero-order valence-corrected chi connectivity index (χ0v) is 15.2. The van der Waals surface area contributed by atoms with Crippen LogP contribution in [0.2, 0.25) is 0 Å². The van der Waals surface area contributed by atoms with Gasteiger partial charge in [0.25, 0.3) is 0 Å². The highest BCUT2D eigenvalue weighted by Gasteiger charge is 2.39. The highest BCUT2D eigenvalue weighted by molar-refractivity contribution is 7.91. The van der Waals surface area contributed by atoms with Crippen molar-refractivity contribution in [1.29, 1.82) is 0 Å². The average molecular weight is 325 g/mol. The summed E-state index contributed by atoms with van der Waals surface area (Å²) in [6.07, 6.45) is 0.771. The summed E-state index contributed by atoms with van der Waals surface area (Å²) < 4.78 is 30.2. The summed E-state index contributed by atoms with van der Waals surface area (Å²) in [4.78, 5) is 0. The normalized spacial score (nSPS) is 21.8. The molecule has 5 heteroatoms. The molecule has 0 spiro atoms. The van der Waals surface area contributed by atoms with E-state index in [9.17, 15) is 8.42 Å². The van der Waals surface area contributed by atoms with Crippen LogP contribution in [0.3, 0.4) is 0 Å². The van der Waals surface area contributed by atoms with Crippen molar-refractivity contribution in [3.8, 4) is 5.75 Å². The highest BCUT2D eigenvalue weighted by atomic mass is 32.2. The fraction of sp³-hybridized carbons (Fsp3) is 0.647. The van der Waals surface area contributed by atoms with Gasteiger partial charge >= 0.3 is 0 Å². The van der Waals surface area contributed by atoms with Crippen molar-refractivity contribution >= 4 is 9.84 Å². The largest absolute Gasteiger partial charge is 0.486 e. The Hall–Kier alpha value is -1.07. The van der Waals surface area contributed by atoms with Crippen LogP contribution in [-0.4, -0.2) is 31.2 Å². The molecule has 0 bridgehead atoms. The SMILES string of the molecule is CCS(=O)(=O)C(C)NC1Cc2cc(C)c(C)cc2OC1(C)C. The Bertz CT molecular complexity index is 665. The van der Waals surface area contributed by atoms with Crippen LogP contribution in [0.1, 0.15) is 44.4 Å². The Kier molecular flexibility index (Phi) is 4.60. The number of hydrogen-bond acceptors (Lipinski definition) is 4. The van der Waals surface area contributed by atoms with E-state index in [1.165, 1.54) is 11.1 Å². The van der Waals surface area contributed by atoms with E-state index in [-0.39, 0.29) is 11.8 Å². The molecule has 2 rings (SSSR count). The first-order chi connectivity index (χ1) is 10.1. The minimum atomic E-state index is -3.11. The van der Waals surface area contributed by atoms with Gasteiger partial charge in [-0.05, 0) is 63.8 Å². The van der Waals surface area contributed by atoms with Crippen LogP contribution in [0.5, 0.6) is 5.75 Å². The summed E-state index contributed by atoms with van der Waals surface area (Å²) >= 11 is 0. The number of sulfone groups is 1. The van der Waals surface area contributed by atoms with E-state index in [2.05, 4.69) is 31.3 Å². The van der Waals surface area contributed by atoms with Gasteiger partial charge in [-0.15, -0.1) is 0 Å². The Morgan fingerprint density at radius 1 is 1.32 bits per heavy atom. The Morgan fingerprint density at radius 2 is 1.91 bits per heavy atom. The predicted octanol–water partition coefficient (Wildman–Crippen LogP) is 2.76. The van der Waals surface area contributed by atoms with Gasteiger partial charge in [0.15, 0.2) is 9.84 Å². The highest BCUT2D eigenvalue weighted by Crippen LogP contribution is 2.35. The second kappa shape index (κ2) is 5.85. The minimum absolute atomic E-state index is 0.0431. The molecule has 124 valence electrons. The van der Waals surface area contributed by atoms with E-state index in [1.54, 1.807) is 13.8 Å². The molecule has 0 saturated carbocycles. The molecule has 0 aliphatic carbocycles. The summed E-state index contributed by atoms with van der Waals surface area (Å²) in [6, 6.07) is 4.18. The lowest BCUT2D eigenvalue weighted by molar-refractivity contribution is 0.0474. The molecule has 4 nitrogen and oxygen atoms in total. The molecule has 2 atom stereocenters. The number of hydrogen-bond donors (Lipinski definition) is 1. The molecule has 1 aliphatic rings. The molecule has 0 amide bonds.